The Balaban J connectivity index is 1.43. The molecule has 0 aromatic heterocycles. The van der Waals surface area contributed by atoms with E-state index in [1.807, 2.05) is 0 Å². The quantitative estimate of drug-likeness (QED) is 0.859. The molecule has 108 valence electrons. The second kappa shape index (κ2) is 6.37. The van der Waals surface area contributed by atoms with E-state index in [2.05, 4.69) is 28.8 Å². The van der Waals surface area contributed by atoms with Crippen LogP contribution in [-0.4, -0.2) is 19.1 Å². The third-order valence-corrected chi connectivity index (χ3v) is 4.19. The van der Waals surface area contributed by atoms with Crippen LogP contribution in [0.4, 0.5) is 0 Å². The SMILES string of the molecule is O=C(CCC1CCOC1)NCc1ccc2c(c1)CNC2. The summed E-state index contributed by atoms with van der Waals surface area (Å²) in [4.78, 5) is 11.8. The summed E-state index contributed by atoms with van der Waals surface area (Å²) in [5, 5.41) is 6.35. The van der Waals surface area contributed by atoms with Gasteiger partial charge in [0.05, 0.1) is 0 Å². The van der Waals surface area contributed by atoms with E-state index in [1.165, 1.54) is 16.7 Å². The first-order chi connectivity index (χ1) is 9.81. The average Bonchev–Trinajstić information content (AvgIpc) is 3.13. The molecule has 1 aromatic carbocycles. The Hall–Kier alpha value is -1.39. The van der Waals surface area contributed by atoms with Gasteiger partial charge in [-0.15, -0.1) is 0 Å². The van der Waals surface area contributed by atoms with Crippen LogP contribution < -0.4 is 10.6 Å². The summed E-state index contributed by atoms with van der Waals surface area (Å²) in [6.07, 6.45) is 2.66. The largest absolute Gasteiger partial charge is 0.381 e. The number of benzene rings is 1. The highest BCUT2D eigenvalue weighted by molar-refractivity contribution is 5.75. The Bertz CT molecular complexity index is 481. The van der Waals surface area contributed by atoms with Crippen molar-refractivity contribution in [2.45, 2.75) is 38.9 Å². The summed E-state index contributed by atoms with van der Waals surface area (Å²) in [6, 6.07) is 6.46. The van der Waals surface area contributed by atoms with Crippen LogP contribution in [0.2, 0.25) is 0 Å². The molecule has 0 bridgehead atoms. The van der Waals surface area contributed by atoms with Crippen molar-refractivity contribution in [1.29, 1.82) is 0 Å². The highest BCUT2D eigenvalue weighted by atomic mass is 16.5. The summed E-state index contributed by atoms with van der Waals surface area (Å²) >= 11 is 0. The molecule has 1 fully saturated rings. The van der Waals surface area contributed by atoms with Gasteiger partial charge in [0.1, 0.15) is 0 Å². The highest BCUT2D eigenvalue weighted by Crippen LogP contribution is 2.18. The predicted octanol–water partition coefficient (Wildman–Crippen LogP) is 1.72. The Labute approximate surface area is 119 Å². The number of hydrogen-bond donors (Lipinski definition) is 2. The van der Waals surface area contributed by atoms with Gasteiger partial charge in [0.25, 0.3) is 0 Å². The third-order valence-electron chi connectivity index (χ3n) is 4.19. The number of ether oxygens (including phenoxy) is 1. The highest BCUT2D eigenvalue weighted by Gasteiger charge is 2.16. The van der Waals surface area contributed by atoms with Gasteiger partial charge in [0.15, 0.2) is 0 Å². The van der Waals surface area contributed by atoms with Crippen molar-refractivity contribution in [1.82, 2.24) is 10.6 Å². The number of carbonyl (C=O) groups is 1. The smallest absolute Gasteiger partial charge is 0.220 e. The number of amides is 1. The molecule has 4 heteroatoms. The molecule has 1 amide bonds. The van der Waals surface area contributed by atoms with E-state index in [0.717, 1.165) is 39.1 Å². The summed E-state index contributed by atoms with van der Waals surface area (Å²) in [7, 11) is 0. The molecule has 3 rings (SSSR count). The Morgan fingerprint density at radius 2 is 2.25 bits per heavy atom. The van der Waals surface area contributed by atoms with E-state index in [9.17, 15) is 4.79 Å². The van der Waals surface area contributed by atoms with Crippen molar-refractivity contribution >= 4 is 5.91 Å². The maximum absolute atomic E-state index is 11.8. The summed E-state index contributed by atoms with van der Waals surface area (Å²) < 4.78 is 5.32. The minimum atomic E-state index is 0.149. The van der Waals surface area contributed by atoms with Gasteiger partial charge < -0.3 is 15.4 Å². The van der Waals surface area contributed by atoms with Gasteiger partial charge in [-0.05, 0) is 35.4 Å². The molecule has 2 aliphatic rings. The first-order valence-electron chi connectivity index (χ1n) is 7.47. The molecule has 2 N–H and O–H groups in total. The first kappa shape index (κ1) is 13.6. The van der Waals surface area contributed by atoms with Crippen molar-refractivity contribution in [3.05, 3.63) is 34.9 Å². The lowest BCUT2D eigenvalue weighted by atomic mass is 10.0. The molecule has 0 saturated carbocycles. The molecule has 1 saturated heterocycles. The molecular formula is C16H22N2O2. The second-order valence-electron chi connectivity index (χ2n) is 5.75. The first-order valence-corrected chi connectivity index (χ1v) is 7.47. The van der Waals surface area contributed by atoms with Crippen LogP contribution >= 0.6 is 0 Å². The van der Waals surface area contributed by atoms with Crippen molar-refractivity contribution in [2.75, 3.05) is 13.2 Å². The molecule has 1 atom stereocenters. The molecule has 2 heterocycles. The van der Waals surface area contributed by atoms with Crippen LogP contribution in [0.15, 0.2) is 18.2 Å². The summed E-state index contributed by atoms with van der Waals surface area (Å²) in [5.41, 5.74) is 3.92. The van der Waals surface area contributed by atoms with Crippen LogP contribution in [0.5, 0.6) is 0 Å². The fourth-order valence-corrected chi connectivity index (χ4v) is 2.89. The van der Waals surface area contributed by atoms with E-state index >= 15 is 0 Å². The number of hydrogen-bond acceptors (Lipinski definition) is 3. The fourth-order valence-electron chi connectivity index (χ4n) is 2.89. The molecular weight excluding hydrogens is 252 g/mol. The summed E-state index contributed by atoms with van der Waals surface area (Å²) in [6.45, 7) is 4.22. The second-order valence-corrected chi connectivity index (χ2v) is 5.75. The summed E-state index contributed by atoms with van der Waals surface area (Å²) in [5.74, 6) is 0.724. The maximum Gasteiger partial charge on any atom is 0.220 e. The van der Waals surface area contributed by atoms with Gasteiger partial charge in [0.2, 0.25) is 5.91 Å². The number of rotatable bonds is 5. The number of fused-ring (bicyclic) bond motifs is 1. The van der Waals surface area contributed by atoms with Crippen molar-refractivity contribution < 1.29 is 9.53 Å². The zero-order chi connectivity index (χ0) is 13.8. The Morgan fingerprint density at radius 3 is 3.10 bits per heavy atom. The normalized spacial score (nSPS) is 20.9. The van der Waals surface area contributed by atoms with Crippen LogP contribution in [0, 0.1) is 5.92 Å². The minimum Gasteiger partial charge on any atom is -0.381 e. The van der Waals surface area contributed by atoms with Gasteiger partial charge in [-0.3, -0.25) is 4.79 Å². The fraction of sp³-hybridized carbons (Fsp3) is 0.562. The standard InChI is InChI=1S/C16H22N2O2/c19-16(4-2-12-5-6-20-11-12)18-8-13-1-3-14-9-17-10-15(14)7-13/h1,3,7,12,17H,2,4-6,8-11H2,(H,18,19). The van der Waals surface area contributed by atoms with E-state index in [0.29, 0.717) is 18.9 Å². The molecule has 1 unspecified atom stereocenters. The Kier molecular flexibility index (Phi) is 4.33. The van der Waals surface area contributed by atoms with Gasteiger partial charge in [-0.2, -0.15) is 0 Å². The van der Waals surface area contributed by atoms with Gasteiger partial charge in [0, 0.05) is 39.3 Å². The molecule has 1 aromatic rings. The molecule has 2 aliphatic heterocycles. The monoisotopic (exact) mass is 274 g/mol. The maximum atomic E-state index is 11.8. The molecule has 4 nitrogen and oxygen atoms in total. The van der Waals surface area contributed by atoms with Gasteiger partial charge in [-0.1, -0.05) is 18.2 Å². The zero-order valence-electron chi connectivity index (χ0n) is 11.8. The van der Waals surface area contributed by atoms with E-state index in [4.69, 9.17) is 4.74 Å². The lowest BCUT2D eigenvalue weighted by molar-refractivity contribution is -0.121. The molecule has 0 aliphatic carbocycles. The van der Waals surface area contributed by atoms with Gasteiger partial charge in [-0.25, -0.2) is 0 Å². The number of nitrogens with one attached hydrogen (secondary N) is 2. The van der Waals surface area contributed by atoms with Crippen LogP contribution in [0.3, 0.4) is 0 Å². The average molecular weight is 274 g/mol. The lowest BCUT2D eigenvalue weighted by Crippen LogP contribution is -2.23. The van der Waals surface area contributed by atoms with Crippen molar-refractivity contribution in [3.8, 4) is 0 Å². The van der Waals surface area contributed by atoms with Gasteiger partial charge >= 0.3 is 0 Å². The zero-order valence-corrected chi connectivity index (χ0v) is 11.8. The van der Waals surface area contributed by atoms with Crippen molar-refractivity contribution in [2.24, 2.45) is 5.92 Å². The van der Waals surface area contributed by atoms with Crippen LogP contribution in [-0.2, 0) is 29.2 Å². The molecule has 0 radical (unpaired) electrons. The predicted molar refractivity (Wildman–Crippen MR) is 77.0 cm³/mol. The van der Waals surface area contributed by atoms with E-state index < -0.39 is 0 Å². The van der Waals surface area contributed by atoms with Crippen molar-refractivity contribution in [3.63, 3.8) is 0 Å². The molecule has 0 spiro atoms. The lowest BCUT2D eigenvalue weighted by Gasteiger charge is -2.09. The third kappa shape index (κ3) is 3.38. The van der Waals surface area contributed by atoms with E-state index in [1.54, 1.807) is 0 Å². The van der Waals surface area contributed by atoms with E-state index in [-0.39, 0.29) is 5.91 Å². The Morgan fingerprint density at radius 1 is 1.35 bits per heavy atom. The number of carbonyl (C=O) groups excluding carboxylic acids is 1. The van der Waals surface area contributed by atoms with Crippen LogP contribution in [0.1, 0.15) is 36.0 Å². The minimum absolute atomic E-state index is 0.149. The molecule has 20 heavy (non-hydrogen) atoms. The topological polar surface area (TPSA) is 50.4 Å². The van der Waals surface area contributed by atoms with Crippen LogP contribution in [0.25, 0.3) is 0 Å².